The summed E-state index contributed by atoms with van der Waals surface area (Å²) in [6, 6.07) is 12.2. The van der Waals surface area contributed by atoms with Gasteiger partial charge in [0.25, 0.3) is 0 Å². The van der Waals surface area contributed by atoms with Gasteiger partial charge in [-0.2, -0.15) is 4.98 Å². The number of hydrogen-bond acceptors (Lipinski definition) is 2. The van der Waals surface area contributed by atoms with Crippen molar-refractivity contribution in [1.29, 1.82) is 0 Å². The van der Waals surface area contributed by atoms with Gasteiger partial charge in [0, 0.05) is 37.4 Å². The van der Waals surface area contributed by atoms with E-state index in [0.29, 0.717) is 0 Å². The molecule has 1 amide bonds. The number of ether oxygens (including phenoxy) is 1. The van der Waals surface area contributed by atoms with E-state index >= 15 is 0 Å². The van der Waals surface area contributed by atoms with Gasteiger partial charge in [0.2, 0.25) is 6.41 Å². The van der Waals surface area contributed by atoms with Gasteiger partial charge < -0.3 is 15.0 Å². The molecule has 3 N–H and O–H groups in total. The van der Waals surface area contributed by atoms with Gasteiger partial charge in [-0.15, -0.1) is 38.5 Å². The molecule has 0 bridgehead atoms. The molecule has 0 spiro atoms. The number of terminal acetylenes is 3. The average molecular weight is 594 g/mol. The first kappa shape index (κ1) is 41.3. The number of quaternary nitrogens is 1. The molecule has 3 aliphatic rings. The van der Waals surface area contributed by atoms with Crippen LogP contribution in [0.3, 0.4) is 0 Å². The fourth-order valence-corrected chi connectivity index (χ4v) is 5.02. The molecule has 2 aromatic rings. The lowest BCUT2D eigenvalue weighted by atomic mass is 9.95. The van der Waals surface area contributed by atoms with Gasteiger partial charge in [-0.1, -0.05) is 63.6 Å². The third kappa shape index (κ3) is 20.7. The Balaban J connectivity index is 0. The van der Waals surface area contributed by atoms with Crippen molar-refractivity contribution in [3.63, 3.8) is 0 Å². The maximum atomic E-state index is 11.9. The Kier molecular flexibility index (Phi) is 30.0. The number of methoxy groups -OCH3 is 1. The minimum Gasteiger partial charge on any atom is -0.448 e. The van der Waals surface area contributed by atoms with Crippen molar-refractivity contribution in [3.8, 4) is 44.4 Å². The first-order valence-electron chi connectivity index (χ1n) is 15.5. The maximum Gasteiger partial charge on any atom is 0.366 e. The molecular formula is C37H56FN3O2+2. The number of nitrogens with one attached hydrogen (secondary N) is 1. The van der Waals surface area contributed by atoms with E-state index in [1.165, 1.54) is 107 Å². The molecule has 1 aromatic heterocycles. The van der Waals surface area contributed by atoms with E-state index < -0.39 is 0 Å². The number of amides is 1. The number of piperidine rings is 1. The molecule has 1 aromatic carbocycles. The summed E-state index contributed by atoms with van der Waals surface area (Å²) in [6.45, 7) is 6.67. The number of hydrogen-bond donors (Lipinski definition) is 1. The number of aryl methyl sites for hydroxylation is 1. The molecular weight excluding hydrogens is 537 g/mol. The van der Waals surface area contributed by atoms with Crippen LogP contribution in [0.2, 0.25) is 0 Å². The highest BCUT2D eigenvalue weighted by molar-refractivity contribution is 5.46. The maximum absolute atomic E-state index is 11.9. The summed E-state index contributed by atoms with van der Waals surface area (Å²) in [4.78, 5) is 15.3. The number of carbonyl (C=O) groups excluding carboxylic acids is 1. The number of aromatic nitrogens is 1. The minimum atomic E-state index is -0.178. The van der Waals surface area contributed by atoms with Crippen molar-refractivity contribution in [2.45, 2.75) is 89.9 Å². The molecule has 2 saturated heterocycles. The summed E-state index contributed by atoms with van der Waals surface area (Å²) in [6.07, 6.45) is 41.2. The summed E-state index contributed by atoms with van der Waals surface area (Å²) in [7, 11) is 1.71. The number of H-pyrrole nitrogens is 1. The normalized spacial score (nSPS) is 16.2. The second-order valence-corrected chi connectivity index (χ2v) is 10.1. The van der Waals surface area contributed by atoms with E-state index in [1.807, 2.05) is 11.0 Å². The molecule has 236 valence electrons. The van der Waals surface area contributed by atoms with E-state index in [0.717, 1.165) is 37.7 Å². The van der Waals surface area contributed by atoms with Gasteiger partial charge in [-0.05, 0) is 43.9 Å². The van der Waals surface area contributed by atoms with Crippen LogP contribution in [-0.4, -0.2) is 44.6 Å². The van der Waals surface area contributed by atoms with E-state index in [-0.39, 0.29) is 5.82 Å². The van der Waals surface area contributed by atoms with E-state index in [2.05, 4.69) is 61.8 Å². The number of benzene rings is 1. The molecule has 1 saturated carbocycles. The summed E-state index contributed by atoms with van der Waals surface area (Å²) < 4.78 is 17.2. The first-order chi connectivity index (χ1) is 21.2. The largest absolute Gasteiger partial charge is 0.448 e. The van der Waals surface area contributed by atoms with Crippen LogP contribution >= 0.6 is 0 Å². The van der Waals surface area contributed by atoms with E-state index in [1.54, 1.807) is 25.3 Å². The number of nitrogens with zero attached hydrogens (tertiary/aromatic N) is 1. The van der Waals surface area contributed by atoms with Crippen LogP contribution in [0.4, 0.5) is 4.39 Å². The number of aromatic amines is 1. The fraction of sp³-hybridized carbons (Fsp3) is 0.514. The Morgan fingerprint density at radius 2 is 1.42 bits per heavy atom. The zero-order valence-electron chi connectivity index (χ0n) is 26.7. The highest BCUT2D eigenvalue weighted by Crippen LogP contribution is 2.23. The Labute approximate surface area is 262 Å². The monoisotopic (exact) mass is 593 g/mol. The number of rotatable bonds is 5. The van der Waals surface area contributed by atoms with Crippen LogP contribution in [0.25, 0.3) is 0 Å². The van der Waals surface area contributed by atoms with Crippen LogP contribution in [-0.2, 0) is 11.2 Å². The third-order valence-corrected chi connectivity index (χ3v) is 7.14. The highest BCUT2D eigenvalue weighted by atomic mass is 19.1. The predicted molar refractivity (Wildman–Crippen MR) is 178 cm³/mol. The Bertz CT molecular complexity index is 933. The standard InChI is InChI=1S/C13H20N2O.C6H5F.C6H11NO.C6H12.3C2H2/c1-3-4-12-11(10-7-8-14-9-10)5-6-13(15-12)16-2;7-6-4-2-1-3-5-6;8-6-7-4-2-1-3-5-7;1-2-4-6-5-3-1;3*1-2/h5-6,10,14H,3-4,7-9H2,1-2H3;1-5H;6H,1-5H2;1-6H2;3*1-2H/p+2/t10-;;;;;;/m0....../s1. The summed E-state index contributed by atoms with van der Waals surface area (Å²) in [5, 5.41) is 2.41. The number of nitrogens with two attached hydrogens (primary N) is 1. The number of halogens is 1. The topological polar surface area (TPSA) is 60.3 Å². The molecule has 6 heteroatoms. The molecule has 5 rings (SSSR count). The van der Waals surface area contributed by atoms with Crippen molar-refractivity contribution in [2.75, 3.05) is 33.3 Å². The first-order valence-corrected chi connectivity index (χ1v) is 15.5. The van der Waals surface area contributed by atoms with Gasteiger partial charge in [-0.25, -0.2) is 4.39 Å². The zero-order chi connectivity index (χ0) is 32.6. The van der Waals surface area contributed by atoms with Crippen molar-refractivity contribution in [2.24, 2.45) is 0 Å². The van der Waals surface area contributed by atoms with Crippen LogP contribution in [0, 0.1) is 44.4 Å². The quantitative estimate of drug-likeness (QED) is 0.339. The molecule has 2 aliphatic heterocycles. The molecule has 1 aliphatic carbocycles. The van der Waals surface area contributed by atoms with E-state index in [9.17, 15) is 9.18 Å². The van der Waals surface area contributed by atoms with Gasteiger partial charge >= 0.3 is 5.88 Å². The van der Waals surface area contributed by atoms with Gasteiger partial charge in [0.1, 0.15) is 5.82 Å². The van der Waals surface area contributed by atoms with Crippen LogP contribution in [0.15, 0.2) is 42.5 Å². The van der Waals surface area contributed by atoms with Crippen molar-refractivity contribution in [1.82, 2.24) is 4.90 Å². The number of carbonyl (C=O) groups is 1. The van der Waals surface area contributed by atoms with Gasteiger partial charge in [-0.3, -0.25) is 4.79 Å². The molecule has 0 unspecified atom stereocenters. The minimum absolute atomic E-state index is 0.178. The van der Waals surface area contributed by atoms with Crippen molar-refractivity contribution < 1.29 is 24.2 Å². The SMILES string of the molecule is C#C.C#C.C#C.C1CCCCC1.CCCc1[nH+]c(OC)ccc1[C@H]1CC[NH2+]C1.Fc1ccccc1.O=CN1CCCCC1. The van der Waals surface area contributed by atoms with Crippen LogP contribution < -0.4 is 15.0 Å². The van der Waals surface area contributed by atoms with Crippen molar-refractivity contribution >= 4 is 6.41 Å². The molecule has 43 heavy (non-hydrogen) atoms. The number of pyridine rings is 1. The zero-order valence-corrected chi connectivity index (χ0v) is 26.7. The smallest absolute Gasteiger partial charge is 0.366 e. The van der Waals surface area contributed by atoms with E-state index in [4.69, 9.17) is 4.74 Å². The molecule has 5 nitrogen and oxygen atoms in total. The lowest BCUT2D eigenvalue weighted by Gasteiger charge is -2.21. The Morgan fingerprint density at radius 3 is 1.79 bits per heavy atom. The molecule has 3 heterocycles. The summed E-state index contributed by atoms with van der Waals surface area (Å²) >= 11 is 0. The van der Waals surface area contributed by atoms with Crippen LogP contribution in [0.5, 0.6) is 5.88 Å². The van der Waals surface area contributed by atoms with Gasteiger partial charge in [0.05, 0.1) is 26.3 Å². The van der Waals surface area contributed by atoms with Crippen LogP contribution in [0.1, 0.15) is 94.7 Å². The molecule has 3 fully saturated rings. The molecule has 0 radical (unpaired) electrons. The Morgan fingerprint density at radius 1 is 0.884 bits per heavy atom. The second-order valence-electron chi connectivity index (χ2n) is 10.1. The Hall–Kier alpha value is -3.79. The average Bonchev–Trinajstić information content (AvgIpc) is 3.65. The number of likely N-dealkylation sites (tertiary alicyclic amines) is 1. The lowest BCUT2D eigenvalue weighted by Crippen LogP contribution is -2.81. The fourth-order valence-electron chi connectivity index (χ4n) is 5.02. The van der Waals surface area contributed by atoms with Crippen molar-refractivity contribution in [3.05, 3.63) is 59.5 Å². The third-order valence-electron chi connectivity index (χ3n) is 7.14. The lowest BCUT2D eigenvalue weighted by molar-refractivity contribution is -0.636. The second kappa shape index (κ2) is 31.2. The molecule has 1 atom stereocenters. The predicted octanol–water partition coefficient (Wildman–Crippen LogP) is 6.06. The summed E-state index contributed by atoms with van der Waals surface area (Å²) in [5.41, 5.74) is 2.86. The summed E-state index contributed by atoms with van der Waals surface area (Å²) in [5.74, 6) is 1.42. The van der Waals surface area contributed by atoms with Gasteiger partial charge in [0.15, 0.2) is 5.69 Å². The highest BCUT2D eigenvalue weighted by Gasteiger charge is 2.26.